The number of carbonyl (C=O) groups is 1. The Balaban J connectivity index is 3.20. The van der Waals surface area contributed by atoms with Crippen molar-refractivity contribution in [1.82, 2.24) is 4.98 Å². The molecule has 82 valence electrons. The number of nitrogens with one attached hydrogen (secondary N) is 1. The van der Waals surface area contributed by atoms with Crippen LogP contribution in [0.4, 0.5) is 8.78 Å². The van der Waals surface area contributed by atoms with Crippen LogP contribution in [0.5, 0.6) is 0 Å². The first kappa shape index (κ1) is 11.4. The fourth-order valence-electron chi connectivity index (χ4n) is 1.19. The van der Waals surface area contributed by atoms with Gasteiger partial charge in [-0.15, -0.1) is 0 Å². The highest BCUT2D eigenvalue weighted by Crippen LogP contribution is 2.16. The SMILES string of the molecule is Cc1cc(C(F)F)c(=O)[nH]c1CC(=O)O. The third-order valence-electron chi connectivity index (χ3n) is 1.94. The standard InChI is InChI=1S/C9H9F2NO3/c1-4-2-5(8(10)11)9(15)12-6(4)3-7(13)14/h2,8H,3H2,1H3,(H,12,15)(H,13,14). The van der Waals surface area contributed by atoms with Gasteiger partial charge < -0.3 is 10.1 Å². The zero-order valence-corrected chi connectivity index (χ0v) is 7.88. The number of aliphatic carboxylic acids is 1. The zero-order valence-electron chi connectivity index (χ0n) is 7.88. The molecule has 0 unspecified atom stereocenters. The van der Waals surface area contributed by atoms with E-state index in [0.29, 0.717) is 5.56 Å². The van der Waals surface area contributed by atoms with Gasteiger partial charge in [0.05, 0.1) is 12.0 Å². The van der Waals surface area contributed by atoms with Crippen LogP contribution >= 0.6 is 0 Å². The summed E-state index contributed by atoms with van der Waals surface area (Å²) in [4.78, 5) is 23.6. The van der Waals surface area contributed by atoms with Crippen molar-refractivity contribution >= 4 is 5.97 Å². The molecule has 0 amide bonds. The molecule has 4 nitrogen and oxygen atoms in total. The van der Waals surface area contributed by atoms with Crippen LogP contribution in [0, 0.1) is 6.92 Å². The Labute approximate surface area is 83.6 Å². The Morgan fingerprint density at radius 3 is 2.67 bits per heavy atom. The monoisotopic (exact) mass is 217 g/mol. The number of hydrogen-bond acceptors (Lipinski definition) is 2. The molecule has 0 atom stereocenters. The first-order chi connectivity index (χ1) is 6.91. The second kappa shape index (κ2) is 4.20. The smallest absolute Gasteiger partial charge is 0.309 e. The Morgan fingerprint density at radius 1 is 1.60 bits per heavy atom. The summed E-state index contributed by atoms with van der Waals surface area (Å²) in [6.07, 6.45) is -3.24. The van der Waals surface area contributed by atoms with E-state index in [4.69, 9.17) is 5.11 Å². The van der Waals surface area contributed by atoms with Crippen LogP contribution in [0.3, 0.4) is 0 Å². The van der Waals surface area contributed by atoms with Gasteiger partial charge in [0, 0.05) is 5.69 Å². The van der Waals surface area contributed by atoms with Crippen LogP contribution in [-0.4, -0.2) is 16.1 Å². The lowest BCUT2D eigenvalue weighted by Gasteiger charge is -2.05. The van der Waals surface area contributed by atoms with Gasteiger partial charge in [-0.3, -0.25) is 9.59 Å². The van der Waals surface area contributed by atoms with Crippen molar-refractivity contribution in [1.29, 1.82) is 0 Å². The van der Waals surface area contributed by atoms with E-state index < -0.39 is 23.5 Å². The van der Waals surface area contributed by atoms with Gasteiger partial charge in [0.2, 0.25) is 0 Å². The van der Waals surface area contributed by atoms with Crippen LogP contribution in [-0.2, 0) is 11.2 Å². The zero-order chi connectivity index (χ0) is 11.6. The van der Waals surface area contributed by atoms with Gasteiger partial charge in [0.1, 0.15) is 0 Å². The van der Waals surface area contributed by atoms with Gasteiger partial charge in [-0.25, -0.2) is 8.78 Å². The summed E-state index contributed by atoms with van der Waals surface area (Å²) < 4.78 is 24.5. The molecule has 6 heteroatoms. The van der Waals surface area contributed by atoms with E-state index in [0.717, 1.165) is 6.07 Å². The van der Waals surface area contributed by atoms with Gasteiger partial charge in [0.15, 0.2) is 0 Å². The number of hydrogen-bond donors (Lipinski definition) is 2. The Kier molecular flexibility index (Phi) is 3.18. The van der Waals surface area contributed by atoms with Crippen LogP contribution < -0.4 is 5.56 Å². The number of carboxylic acids is 1. The average Bonchev–Trinajstić information content (AvgIpc) is 2.09. The molecule has 15 heavy (non-hydrogen) atoms. The van der Waals surface area contributed by atoms with Crippen molar-refractivity contribution < 1.29 is 18.7 Å². The molecule has 0 saturated carbocycles. The third kappa shape index (κ3) is 2.61. The quantitative estimate of drug-likeness (QED) is 0.800. The maximum absolute atomic E-state index is 12.3. The summed E-state index contributed by atoms with van der Waals surface area (Å²) in [5.41, 5.74) is -1.09. The molecule has 0 radical (unpaired) electrons. The number of aryl methyl sites for hydroxylation is 1. The van der Waals surface area contributed by atoms with E-state index in [2.05, 4.69) is 4.98 Å². The molecule has 0 aliphatic carbocycles. The number of aromatic amines is 1. The van der Waals surface area contributed by atoms with Crippen molar-refractivity contribution in [2.45, 2.75) is 19.8 Å². The lowest BCUT2D eigenvalue weighted by Crippen LogP contribution is -2.18. The molecular formula is C9H9F2NO3. The van der Waals surface area contributed by atoms with Crippen molar-refractivity contribution in [3.63, 3.8) is 0 Å². The Bertz CT molecular complexity index is 439. The van der Waals surface area contributed by atoms with Gasteiger partial charge in [-0.2, -0.15) is 0 Å². The molecule has 2 N–H and O–H groups in total. The van der Waals surface area contributed by atoms with E-state index in [9.17, 15) is 18.4 Å². The molecule has 1 heterocycles. The summed E-state index contributed by atoms with van der Waals surface area (Å²) in [7, 11) is 0. The van der Waals surface area contributed by atoms with Crippen molar-refractivity contribution in [2.24, 2.45) is 0 Å². The molecule has 0 aliphatic rings. The third-order valence-corrected chi connectivity index (χ3v) is 1.94. The lowest BCUT2D eigenvalue weighted by atomic mass is 10.1. The number of carboxylic acid groups (broad SMARTS) is 1. The highest BCUT2D eigenvalue weighted by molar-refractivity contribution is 5.70. The van der Waals surface area contributed by atoms with E-state index in [1.807, 2.05) is 0 Å². The molecule has 0 saturated heterocycles. The number of pyridine rings is 1. The maximum Gasteiger partial charge on any atom is 0.309 e. The fraction of sp³-hybridized carbons (Fsp3) is 0.333. The molecule has 1 aromatic heterocycles. The highest BCUT2D eigenvalue weighted by Gasteiger charge is 2.15. The molecule has 1 aromatic rings. The summed E-state index contributed by atoms with van der Waals surface area (Å²) in [5, 5.41) is 8.49. The minimum absolute atomic E-state index is 0.150. The highest BCUT2D eigenvalue weighted by atomic mass is 19.3. The number of alkyl halides is 2. The number of halogens is 2. The topological polar surface area (TPSA) is 70.2 Å². The van der Waals surface area contributed by atoms with E-state index >= 15 is 0 Å². The second-order valence-electron chi connectivity index (χ2n) is 3.09. The molecule has 0 aromatic carbocycles. The van der Waals surface area contributed by atoms with Crippen LogP contribution in [0.15, 0.2) is 10.9 Å². The van der Waals surface area contributed by atoms with Crippen molar-refractivity contribution in [3.8, 4) is 0 Å². The van der Waals surface area contributed by atoms with Crippen LogP contribution in [0.2, 0.25) is 0 Å². The van der Waals surface area contributed by atoms with E-state index in [-0.39, 0.29) is 12.1 Å². The average molecular weight is 217 g/mol. The van der Waals surface area contributed by atoms with Crippen LogP contribution in [0.1, 0.15) is 23.2 Å². The van der Waals surface area contributed by atoms with Crippen molar-refractivity contribution in [2.75, 3.05) is 0 Å². The molecule has 0 spiro atoms. The minimum Gasteiger partial charge on any atom is -0.481 e. The maximum atomic E-state index is 12.3. The first-order valence-corrected chi connectivity index (χ1v) is 4.14. The number of rotatable bonds is 3. The largest absolute Gasteiger partial charge is 0.481 e. The predicted octanol–water partition coefficient (Wildman–Crippen LogP) is 1.25. The normalized spacial score (nSPS) is 10.7. The van der Waals surface area contributed by atoms with Gasteiger partial charge in [-0.05, 0) is 18.6 Å². The van der Waals surface area contributed by atoms with Gasteiger partial charge >= 0.3 is 5.97 Å². The predicted molar refractivity (Wildman–Crippen MR) is 48.1 cm³/mol. The number of H-pyrrole nitrogens is 1. The summed E-state index contributed by atoms with van der Waals surface area (Å²) >= 11 is 0. The Hall–Kier alpha value is -1.72. The summed E-state index contributed by atoms with van der Waals surface area (Å²) in [6.45, 7) is 1.47. The molecule has 0 fully saturated rings. The van der Waals surface area contributed by atoms with Crippen LogP contribution in [0.25, 0.3) is 0 Å². The fourth-order valence-corrected chi connectivity index (χ4v) is 1.19. The van der Waals surface area contributed by atoms with Crippen molar-refractivity contribution in [3.05, 3.63) is 33.2 Å². The molecule has 0 bridgehead atoms. The molecule has 1 rings (SSSR count). The first-order valence-electron chi connectivity index (χ1n) is 4.14. The van der Waals surface area contributed by atoms with E-state index in [1.165, 1.54) is 6.92 Å². The minimum atomic E-state index is -2.86. The summed E-state index contributed by atoms with van der Waals surface area (Å²) in [6, 6.07) is 1.02. The molecular weight excluding hydrogens is 208 g/mol. The molecule has 0 aliphatic heterocycles. The number of aromatic nitrogens is 1. The Morgan fingerprint density at radius 2 is 2.20 bits per heavy atom. The summed E-state index contributed by atoms with van der Waals surface area (Å²) in [5.74, 6) is -1.13. The lowest BCUT2D eigenvalue weighted by molar-refractivity contribution is -0.136. The second-order valence-corrected chi connectivity index (χ2v) is 3.09. The van der Waals surface area contributed by atoms with E-state index in [1.54, 1.807) is 0 Å². The van der Waals surface area contributed by atoms with Gasteiger partial charge in [0.25, 0.3) is 12.0 Å². The van der Waals surface area contributed by atoms with Gasteiger partial charge in [-0.1, -0.05) is 0 Å².